The van der Waals surface area contributed by atoms with Crippen molar-refractivity contribution in [3.8, 4) is 0 Å². The fourth-order valence-corrected chi connectivity index (χ4v) is 2.42. The van der Waals surface area contributed by atoms with Gasteiger partial charge >= 0.3 is 0 Å². The van der Waals surface area contributed by atoms with E-state index >= 15 is 0 Å². The molecule has 0 aliphatic rings. The number of nitrogens with zero attached hydrogens (tertiary/aromatic N) is 2. The lowest BCUT2D eigenvalue weighted by Crippen LogP contribution is -2.04. The fraction of sp³-hybridized carbons (Fsp3) is 0.357. The van der Waals surface area contributed by atoms with Crippen LogP contribution in [0.15, 0.2) is 18.2 Å². The van der Waals surface area contributed by atoms with Gasteiger partial charge in [-0.15, -0.1) is 0 Å². The highest BCUT2D eigenvalue weighted by Crippen LogP contribution is 2.31. The molecular formula is C14H16ClN3O2. The molecule has 6 heteroatoms. The van der Waals surface area contributed by atoms with Crippen molar-refractivity contribution in [2.24, 2.45) is 0 Å². The van der Waals surface area contributed by atoms with Crippen molar-refractivity contribution in [1.82, 2.24) is 4.98 Å². The largest absolute Gasteiger partial charge is 0.370 e. The van der Waals surface area contributed by atoms with Crippen molar-refractivity contribution >= 4 is 34.0 Å². The zero-order chi connectivity index (χ0) is 14.7. The molecule has 20 heavy (non-hydrogen) atoms. The second kappa shape index (κ2) is 6.05. The summed E-state index contributed by atoms with van der Waals surface area (Å²) in [5.74, 6) is 0.803. The van der Waals surface area contributed by atoms with Crippen LogP contribution in [0.1, 0.15) is 25.8 Å². The number of halogens is 1. The molecule has 0 saturated heterocycles. The molecule has 0 spiro atoms. The van der Waals surface area contributed by atoms with Gasteiger partial charge in [0, 0.05) is 24.1 Å². The Hall–Kier alpha value is -1.88. The molecule has 0 amide bonds. The molecule has 2 aromatic rings. The number of nitro groups is 1. The quantitative estimate of drug-likeness (QED) is 0.663. The number of benzene rings is 1. The van der Waals surface area contributed by atoms with Crippen molar-refractivity contribution in [2.45, 2.75) is 26.7 Å². The average molecular weight is 294 g/mol. The molecule has 0 fully saturated rings. The minimum Gasteiger partial charge on any atom is -0.370 e. The van der Waals surface area contributed by atoms with Crippen LogP contribution >= 0.6 is 11.6 Å². The minimum atomic E-state index is -0.441. The minimum absolute atomic E-state index is 0.0112. The van der Waals surface area contributed by atoms with Gasteiger partial charge in [-0.05, 0) is 25.0 Å². The highest BCUT2D eigenvalue weighted by molar-refractivity contribution is 6.35. The lowest BCUT2D eigenvalue weighted by Gasteiger charge is -2.11. The zero-order valence-electron chi connectivity index (χ0n) is 11.4. The summed E-state index contributed by atoms with van der Waals surface area (Å²) in [4.78, 5) is 15.0. The molecule has 0 atom stereocenters. The van der Waals surface area contributed by atoms with Gasteiger partial charge in [-0.3, -0.25) is 10.1 Å². The number of aryl methyl sites for hydroxylation is 1. The lowest BCUT2D eigenvalue weighted by molar-refractivity contribution is -0.384. The molecule has 5 nitrogen and oxygen atoms in total. The molecule has 1 aromatic carbocycles. The Labute approximate surface area is 122 Å². The predicted molar refractivity (Wildman–Crippen MR) is 81.6 cm³/mol. The monoisotopic (exact) mass is 293 g/mol. The highest BCUT2D eigenvalue weighted by Gasteiger charge is 2.14. The number of nitro benzene ring substituents is 1. The molecule has 106 valence electrons. The summed E-state index contributed by atoms with van der Waals surface area (Å²) in [6.07, 6.45) is 1.85. The van der Waals surface area contributed by atoms with Crippen LogP contribution in [0.4, 0.5) is 11.5 Å². The number of pyridine rings is 1. The molecule has 1 aromatic heterocycles. The topological polar surface area (TPSA) is 68.1 Å². The summed E-state index contributed by atoms with van der Waals surface area (Å²) in [5.41, 5.74) is 1.63. The molecule has 0 radical (unpaired) electrons. The van der Waals surface area contributed by atoms with Crippen LogP contribution in [0, 0.1) is 10.1 Å². The van der Waals surface area contributed by atoms with Gasteiger partial charge < -0.3 is 5.32 Å². The first kappa shape index (κ1) is 14.5. The van der Waals surface area contributed by atoms with Crippen LogP contribution in [0.2, 0.25) is 5.02 Å². The van der Waals surface area contributed by atoms with Crippen LogP contribution in [-0.2, 0) is 6.42 Å². The maximum absolute atomic E-state index is 10.9. The molecule has 0 unspecified atom stereocenters. The van der Waals surface area contributed by atoms with E-state index in [1.165, 1.54) is 12.1 Å². The first-order valence-electron chi connectivity index (χ1n) is 6.58. The third kappa shape index (κ3) is 2.82. The van der Waals surface area contributed by atoms with Crippen LogP contribution in [-0.4, -0.2) is 16.5 Å². The molecule has 0 aliphatic heterocycles. The smallest absolute Gasteiger partial charge is 0.271 e. The van der Waals surface area contributed by atoms with E-state index in [9.17, 15) is 10.1 Å². The molecule has 0 saturated carbocycles. The SMILES string of the molecule is CCCc1cc2cc([N+](=O)[O-])cc(Cl)c2nc1NCC. The maximum Gasteiger partial charge on any atom is 0.271 e. The van der Waals surface area contributed by atoms with E-state index in [1.54, 1.807) is 0 Å². The van der Waals surface area contributed by atoms with Crippen LogP contribution < -0.4 is 5.32 Å². The summed E-state index contributed by atoms with van der Waals surface area (Å²) < 4.78 is 0. The number of hydrogen-bond acceptors (Lipinski definition) is 4. The van der Waals surface area contributed by atoms with Crippen molar-refractivity contribution in [2.75, 3.05) is 11.9 Å². The molecular weight excluding hydrogens is 278 g/mol. The number of hydrogen-bond donors (Lipinski definition) is 1. The number of nitrogens with one attached hydrogen (secondary N) is 1. The third-order valence-corrected chi connectivity index (χ3v) is 3.30. The van der Waals surface area contributed by atoms with E-state index in [1.807, 2.05) is 13.0 Å². The second-order valence-corrected chi connectivity index (χ2v) is 4.94. The highest BCUT2D eigenvalue weighted by atomic mass is 35.5. The van der Waals surface area contributed by atoms with E-state index in [0.717, 1.165) is 30.8 Å². The summed E-state index contributed by atoms with van der Waals surface area (Å²) in [6.45, 7) is 4.85. The van der Waals surface area contributed by atoms with Crippen LogP contribution in [0.5, 0.6) is 0 Å². The Morgan fingerprint density at radius 2 is 2.10 bits per heavy atom. The summed E-state index contributed by atoms with van der Waals surface area (Å²) in [7, 11) is 0. The Bertz CT molecular complexity index is 658. The average Bonchev–Trinajstić information content (AvgIpc) is 2.40. The second-order valence-electron chi connectivity index (χ2n) is 4.53. The lowest BCUT2D eigenvalue weighted by atomic mass is 10.1. The van der Waals surface area contributed by atoms with Crippen molar-refractivity contribution in [3.05, 3.63) is 38.9 Å². The van der Waals surface area contributed by atoms with Gasteiger partial charge in [0.25, 0.3) is 5.69 Å². The Balaban J connectivity index is 2.66. The van der Waals surface area contributed by atoms with Crippen molar-refractivity contribution < 1.29 is 4.92 Å². The molecule has 1 N–H and O–H groups in total. The number of rotatable bonds is 5. The van der Waals surface area contributed by atoms with Crippen molar-refractivity contribution in [1.29, 1.82) is 0 Å². The summed E-state index contributed by atoms with van der Waals surface area (Å²) in [6, 6.07) is 4.79. The van der Waals surface area contributed by atoms with E-state index < -0.39 is 4.92 Å². The fourth-order valence-electron chi connectivity index (χ4n) is 2.16. The van der Waals surface area contributed by atoms with Gasteiger partial charge in [0.2, 0.25) is 0 Å². The van der Waals surface area contributed by atoms with Gasteiger partial charge in [-0.2, -0.15) is 0 Å². The van der Waals surface area contributed by atoms with Crippen LogP contribution in [0.25, 0.3) is 10.9 Å². The molecule has 0 bridgehead atoms. The summed E-state index contributed by atoms with van der Waals surface area (Å²) >= 11 is 6.11. The van der Waals surface area contributed by atoms with Crippen LogP contribution in [0.3, 0.4) is 0 Å². The predicted octanol–water partition coefficient (Wildman–Crippen LogP) is 4.18. The van der Waals surface area contributed by atoms with Gasteiger partial charge in [0.1, 0.15) is 5.82 Å². The van der Waals surface area contributed by atoms with Gasteiger partial charge in [0.05, 0.1) is 15.5 Å². The third-order valence-electron chi connectivity index (χ3n) is 3.01. The zero-order valence-corrected chi connectivity index (χ0v) is 12.2. The van der Waals surface area contributed by atoms with Crippen molar-refractivity contribution in [3.63, 3.8) is 0 Å². The van der Waals surface area contributed by atoms with E-state index in [2.05, 4.69) is 17.2 Å². The molecule has 2 rings (SSSR count). The first-order chi connectivity index (χ1) is 9.56. The maximum atomic E-state index is 10.9. The normalized spacial score (nSPS) is 10.8. The van der Waals surface area contributed by atoms with E-state index in [0.29, 0.717) is 15.9 Å². The standard InChI is InChI=1S/C14H16ClN3O2/c1-3-5-9-6-10-7-11(18(19)20)8-12(15)13(10)17-14(9)16-4-2/h6-8H,3-5H2,1-2H3,(H,16,17). The van der Waals surface area contributed by atoms with E-state index in [4.69, 9.17) is 11.6 Å². The van der Waals surface area contributed by atoms with Gasteiger partial charge in [-0.1, -0.05) is 24.9 Å². The number of non-ortho nitro benzene ring substituents is 1. The Kier molecular flexibility index (Phi) is 4.39. The van der Waals surface area contributed by atoms with Gasteiger partial charge in [-0.25, -0.2) is 4.98 Å². The van der Waals surface area contributed by atoms with Gasteiger partial charge in [0.15, 0.2) is 0 Å². The first-order valence-corrected chi connectivity index (χ1v) is 6.96. The van der Waals surface area contributed by atoms with E-state index in [-0.39, 0.29) is 5.69 Å². The Morgan fingerprint density at radius 3 is 2.70 bits per heavy atom. The molecule has 1 heterocycles. The number of anilines is 1. The number of aromatic nitrogens is 1. The Morgan fingerprint density at radius 1 is 1.35 bits per heavy atom. The number of fused-ring (bicyclic) bond motifs is 1. The summed E-state index contributed by atoms with van der Waals surface area (Å²) in [5, 5.41) is 15.1. The molecule has 0 aliphatic carbocycles.